The van der Waals surface area contributed by atoms with Crippen molar-refractivity contribution in [2.45, 2.75) is 24.2 Å². The van der Waals surface area contributed by atoms with Crippen LogP contribution >= 0.6 is 0 Å². The van der Waals surface area contributed by atoms with Crippen LogP contribution < -0.4 is 0 Å². The van der Waals surface area contributed by atoms with E-state index in [0.29, 0.717) is 19.6 Å². The van der Waals surface area contributed by atoms with Gasteiger partial charge in [0.25, 0.3) is 0 Å². The highest BCUT2D eigenvalue weighted by atomic mass is 16.6. The molecule has 112 valence electrons. The Kier molecular flexibility index (Phi) is 5.61. The first kappa shape index (κ1) is 15.8. The Balaban J connectivity index is 2.44. The van der Waals surface area contributed by atoms with Crippen LogP contribution in [0.25, 0.3) is 0 Å². The predicted octanol–water partition coefficient (Wildman–Crippen LogP) is 1.32. The molecule has 21 heavy (non-hydrogen) atoms. The van der Waals surface area contributed by atoms with Crippen LogP contribution in [0.2, 0.25) is 0 Å². The van der Waals surface area contributed by atoms with Crippen molar-refractivity contribution in [2.24, 2.45) is 0 Å². The van der Waals surface area contributed by atoms with Gasteiger partial charge in [0.15, 0.2) is 0 Å². The summed E-state index contributed by atoms with van der Waals surface area (Å²) in [6, 6.07) is 0. The zero-order chi connectivity index (χ0) is 15.1. The number of rotatable bonds is 3. The van der Waals surface area contributed by atoms with Crippen molar-refractivity contribution in [3.05, 3.63) is 23.8 Å². The monoisotopic (exact) mass is 288 g/mol. The summed E-state index contributed by atoms with van der Waals surface area (Å²) >= 11 is 0. The number of hydrogen-bond acceptors (Lipinski definition) is 4. The standard InChI is InChI=1S/C17H20O4/c1-18-15-13-14-9-5-4-7-11-21-12-8-6-10-17(14,20-3)16(15)19-2/h4,7,13,15-16H,10-12H2,1-3H3/b7-4-/t15-,16+,17+/m1/s1. The van der Waals surface area contributed by atoms with Crippen molar-refractivity contribution in [2.75, 3.05) is 34.5 Å². The molecule has 0 fully saturated rings. The molecule has 0 saturated heterocycles. The van der Waals surface area contributed by atoms with Crippen molar-refractivity contribution in [1.82, 2.24) is 0 Å². The van der Waals surface area contributed by atoms with E-state index in [4.69, 9.17) is 18.9 Å². The molecule has 4 heteroatoms. The molecule has 0 aromatic rings. The second-order valence-electron chi connectivity index (χ2n) is 4.75. The highest BCUT2D eigenvalue weighted by Crippen LogP contribution is 2.39. The molecule has 0 aromatic heterocycles. The van der Waals surface area contributed by atoms with Gasteiger partial charge in [0.1, 0.15) is 24.4 Å². The average molecular weight is 288 g/mol. The molecule has 1 aliphatic heterocycles. The van der Waals surface area contributed by atoms with E-state index >= 15 is 0 Å². The molecule has 0 aromatic carbocycles. The largest absolute Gasteiger partial charge is 0.375 e. The van der Waals surface area contributed by atoms with Crippen LogP contribution in [0.5, 0.6) is 0 Å². The van der Waals surface area contributed by atoms with E-state index in [1.165, 1.54) is 0 Å². The summed E-state index contributed by atoms with van der Waals surface area (Å²) in [7, 11) is 4.95. The molecule has 2 aliphatic rings. The van der Waals surface area contributed by atoms with Crippen LogP contribution in [0.4, 0.5) is 0 Å². The fourth-order valence-corrected chi connectivity index (χ4v) is 2.62. The molecule has 4 nitrogen and oxygen atoms in total. The number of hydrogen-bond donors (Lipinski definition) is 0. The Morgan fingerprint density at radius 2 is 2.10 bits per heavy atom. The van der Waals surface area contributed by atoms with Crippen LogP contribution in [-0.2, 0) is 18.9 Å². The topological polar surface area (TPSA) is 36.9 Å². The van der Waals surface area contributed by atoms with E-state index in [1.807, 2.05) is 12.2 Å². The van der Waals surface area contributed by atoms with Crippen LogP contribution in [0.15, 0.2) is 23.8 Å². The van der Waals surface area contributed by atoms with Gasteiger partial charge in [-0.2, -0.15) is 0 Å². The number of methoxy groups -OCH3 is 3. The lowest BCUT2D eigenvalue weighted by molar-refractivity contribution is -0.118. The van der Waals surface area contributed by atoms with Crippen molar-refractivity contribution < 1.29 is 18.9 Å². The number of ether oxygens (including phenoxy) is 4. The SMILES string of the molecule is CO[C@@H]1C=C2C#C/C=C\COCC#CC[C@@]2(OC)[C@H]1OC. The van der Waals surface area contributed by atoms with Gasteiger partial charge >= 0.3 is 0 Å². The van der Waals surface area contributed by atoms with E-state index in [-0.39, 0.29) is 12.2 Å². The van der Waals surface area contributed by atoms with Crippen molar-refractivity contribution in [1.29, 1.82) is 0 Å². The molecule has 0 saturated carbocycles. The van der Waals surface area contributed by atoms with Gasteiger partial charge in [-0.15, -0.1) is 0 Å². The van der Waals surface area contributed by atoms with Crippen LogP contribution in [0.1, 0.15) is 6.42 Å². The summed E-state index contributed by atoms with van der Waals surface area (Å²) in [6.45, 7) is 0.904. The van der Waals surface area contributed by atoms with Crippen LogP contribution in [-0.4, -0.2) is 52.4 Å². The highest BCUT2D eigenvalue weighted by molar-refractivity contribution is 5.47. The minimum Gasteiger partial charge on any atom is -0.375 e. The lowest BCUT2D eigenvalue weighted by Crippen LogP contribution is -2.48. The van der Waals surface area contributed by atoms with E-state index in [1.54, 1.807) is 27.4 Å². The zero-order valence-corrected chi connectivity index (χ0v) is 12.6. The van der Waals surface area contributed by atoms with Crippen LogP contribution in [0.3, 0.4) is 0 Å². The normalized spacial score (nSPS) is 33.2. The van der Waals surface area contributed by atoms with Gasteiger partial charge in [-0.3, -0.25) is 0 Å². The molecule has 1 aliphatic carbocycles. The average Bonchev–Trinajstić information content (AvgIpc) is 2.80. The molecule has 2 rings (SSSR count). The first-order chi connectivity index (χ1) is 10.3. The fraction of sp³-hybridized carbons (Fsp3) is 0.529. The molecule has 1 heterocycles. The van der Waals surface area contributed by atoms with E-state index in [2.05, 4.69) is 23.7 Å². The maximum absolute atomic E-state index is 5.80. The smallest absolute Gasteiger partial charge is 0.140 e. The summed E-state index contributed by atoms with van der Waals surface area (Å²) in [4.78, 5) is 0. The van der Waals surface area contributed by atoms with Crippen LogP contribution in [0, 0.1) is 23.7 Å². The maximum Gasteiger partial charge on any atom is 0.140 e. The Hall–Kier alpha value is -1.56. The summed E-state index contributed by atoms with van der Waals surface area (Å²) in [5.74, 6) is 12.2. The minimum atomic E-state index is -0.706. The third kappa shape index (κ3) is 3.20. The lowest BCUT2D eigenvalue weighted by Gasteiger charge is -2.34. The predicted molar refractivity (Wildman–Crippen MR) is 79.5 cm³/mol. The molecule has 3 atom stereocenters. The number of allylic oxidation sites excluding steroid dienone is 1. The Bertz CT molecular complexity index is 541. The van der Waals surface area contributed by atoms with Gasteiger partial charge in [-0.1, -0.05) is 29.8 Å². The summed E-state index contributed by atoms with van der Waals surface area (Å²) in [5, 5.41) is 0. The maximum atomic E-state index is 5.80. The first-order valence-electron chi connectivity index (χ1n) is 6.81. The highest BCUT2D eigenvalue weighted by Gasteiger charge is 2.51. The number of fused-ring (bicyclic) bond motifs is 1. The Morgan fingerprint density at radius 1 is 1.24 bits per heavy atom. The minimum absolute atomic E-state index is 0.202. The Labute approximate surface area is 126 Å². The van der Waals surface area contributed by atoms with E-state index in [9.17, 15) is 0 Å². The van der Waals surface area contributed by atoms with Gasteiger partial charge < -0.3 is 18.9 Å². The van der Waals surface area contributed by atoms with Gasteiger partial charge in [-0.05, 0) is 12.2 Å². The molecular weight excluding hydrogens is 268 g/mol. The molecule has 0 amide bonds. The fourth-order valence-electron chi connectivity index (χ4n) is 2.62. The van der Waals surface area contributed by atoms with E-state index in [0.717, 1.165) is 5.57 Å². The zero-order valence-electron chi connectivity index (χ0n) is 12.6. The van der Waals surface area contributed by atoms with Gasteiger partial charge in [0.05, 0.1) is 6.61 Å². The third-order valence-electron chi connectivity index (χ3n) is 3.71. The molecule has 0 radical (unpaired) electrons. The van der Waals surface area contributed by atoms with Crippen molar-refractivity contribution >= 4 is 0 Å². The molecule has 0 unspecified atom stereocenters. The Morgan fingerprint density at radius 3 is 2.81 bits per heavy atom. The molecule has 0 bridgehead atoms. The van der Waals surface area contributed by atoms with Gasteiger partial charge in [0.2, 0.25) is 0 Å². The van der Waals surface area contributed by atoms with Crippen molar-refractivity contribution in [3.8, 4) is 23.7 Å². The van der Waals surface area contributed by atoms with Gasteiger partial charge in [-0.25, -0.2) is 0 Å². The second-order valence-corrected chi connectivity index (χ2v) is 4.75. The quantitative estimate of drug-likeness (QED) is 0.734. The summed E-state index contributed by atoms with van der Waals surface area (Å²) in [6.07, 6.45) is 5.60. The van der Waals surface area contributed by atoms with E-state index < -0.39 is 5.60 Å². The second kappa shape index (κ2) is 7.45. The molecular formula is C17H20O4. The first-order valence-corrected chi connectivity index (χ1v) is 6.81. The van der Waals surface area contributed by atoms with Crippen molar-refractivity contribution in [3.63, 3.8) is 0 Å². The lowest BCUT2D eigenvalue weighted by atomic mass is 9.89. The molecule has 0 N–H and O–H groups in total. The summed E-state index contributed by atoms with van der Waals surface area (Å²) in [5.41, 5.74) is 0.145. The van der Waals surface area contributed by atoms with Gasteiger partial charge in [0, 0.05) is 33.3 Å². The molecule has 0 spiro atoms. The third-order valence-corrected chi connectivity index (χ3v) is 3.71. The summed E-state index contributed by atoms with van der Waals surface area (Å²) < 4.78 is 22.2.